The van der Waals surface area contributed by atoms with Crippen molar-refractivity contribution >= 4 is 11.9 Å². The number of carboxylic acids is 1. The number of hydrogen-bond donors (Lipinski definition) is 8. The van der Waals surface area contributed by atoms with Crippen LogP contribution < -0.4 is 11.1 Å². The highest BCUT2D eigenvalue weighted by atomic mass is 16.7. The molecule has 0 aromatic heterocycles. The summed E-state index contributed by atoms with van der Waals surface area (Å²) in [5, 5.41) is 59.2. The van der Waals surface area contributed by atoms with E-state index in [1.54, 1.807) is 0 Å². The molecule has 0 aliphatic carbocycles. The topological polar surface area (TPSA) is 203 Å². The number of hydrogen-bond acceptors (Lipinski definition) is 9. The van der Waals surface area contributed by atoms with Gasteiger partial charge in [0.2, 0.25) is 5.91 Å². The van der Waals surface area contributed by atoms with Crippen LogP contribution in [0.1, 0.15) is 13.3 Å². The summed E-state index contributed by atoms with van der Waals surface area (Å²) in [7, 11) is 0. The fourth-order valence-electron chi connectivity index (χ4n) is 2.24. The molecule has 22 heavy (non-hydrogen) atoms. The van der Waals surface area contributed by atoms with Crippen LogP contribution in [-0.2, 0) is 14.3 Å². The van der Waals surface area contributed by atoms with Crippen LogP contribution in [0.5, 0.6) is 0 Å². The first-order valence-electron chi connectivity index (χ1n) is 6.34. The highest BCUT2D eigenvalue weighted by Gasteiger charge is 2.60. The first-order chi connectivity index (χ1) is 9.97. The van der Waals surface area contributed by atoms with Gasteiger partial charge >= 0.3 is 5.97 Å². The standard InChI is InChI=1S/C11H20N2O9/c1-4(15)13-11(12)6(17)2-10(21,9(19)20)22-8(11)7(18)5(16)3-14/h5-8,14,16-18,21H,2-3,12H2,1H3,(H,13,15)(H,19,20)/t5-,6+,7-,8+,10+,11+/m1/s1. The first-order valence-corrected chi connectivity index (χ1v) is 6.34. The summed E-state index contributed by atoms with van der Waals surface area (Å²) in [6.07, 6.45) is -8.44. The summed E-state index contributed by atoms with van der Waals surface area (Å²) in [6.45, 7) is 0.115. The van der Waals surface area contributed by atoms with Gasteiger partial charge in [-0.05, 0) is 0 Å². The number of nitrogens with one attached hydrogen (secondary N) is 1. The Morgan fingerprint density at radius 3 is 2.41 bits per heavy atom. The van der Waals surface area contributed by atoms with Gasteiger partial charge in [-0.2, -0.15) is 0 Å². The third kappa shape index (κ3) is 3.35. The average Bonchev–Trinajstić information content (AvgIpc) is 2.40. The Kier molecular flexibility index (Phi) is 5.46. The SMILES string of the molecule is CC(=O)N[C@@]1(N)[C@@H](O)C[C@@](O)(C(=O)O)O[C@H]1[C@H](O)[C@H](O)CO. The second kappa shape index (κ2) is 6.42. The number of aliphatic hydroxyl groups is 5. The van der Waals surface area contributed by atoms with E-state index in [1.165, 1.54) is 0 Å². The van der Waals surface area contributed by atoms with Gasteiger partial charge in [0.25, 0.3) is 5.79 Å². The lowest BCUT2D eigenvalue weighted by Gasteiger charge is -2.50. The average molecular weight is 324 g/mol. The van der Waals surface area contributed by atoms with Gasteiger partial charge in [-0.25, -0.2) is 4.79 Å². The van der Waals surface area contributed by atoms with Crippen molar-refractivity contribution in [3.05, 3.63) is 0 Å². The van der Waals surface area contributed by atoms with E-state index in [4.69, 9.17) is 20.7 Å². The molecule has 0 radical (unpaired) electrons. The third-order valence-corrected chi connectivity index (χ3v) is 3.43. The second-order valence-electron chi connectivity index (χ2n) is 5.20. The second-order valence-corrected chi connectivity index (χ2v) is 5.20. The van der Waals surface area contributed by atoms with E-state index in [-0.39, 0.29) is 0 Å². The molecule has 9 N–H and O–H groups in total. The minimum atomic E-state index is -2.89. The van der Waals surface area contributed by atoms with E-state index in [2.05, 4.69) is 5.32 Å². The number of carbonyl (C=O) groups is 2. The van der Waals surface area contributed by atoms with Crippen LogP contribution in [-0.4, -0.2) is 85.0 Å². The predicted octanol–water partition coefficient (Wildman–Crippen LogP) is -4.59. The molecule has 1 fully saturated rings. The van der Waals surface area contributed by atoms with E-state index < -0.39 is 60.8 Å². The minimum Gasteiger partial charge on any atom is -0.477 e. The number of nitrogens with two attached hydrogens (primary N) is 1. The summed E-state index contributed by atoms with van der Waals surface area (Å²) in [4.78, 5) is 22.3. The van der Waals surface area contributed by atoms with Crippen molar-refractivity contribution in [1.29, 1.82) is 0 Å². The number of ether oxygens (including phenoxy) is 1. The van der Waals surface area contributed by atoms with Crippen molar-refractivity contribution in [2.24, 2.45) is 5.73 Å². The quantitative estimate of drug-likeness (QED) is 0.227. The molecule has 0 bridgehead atoms. The molecular formula is C11H20N2O9. The molecule has 1 heterocycles. The Morgan fingerprint density at radius 1 is 1.45 bits per heavy atom. The van der Waals surface area contributed by atoms with E-state index in [0.29, 0.717) is 0 Å². The lowest BCUT2D eigenvalue weighted by Crippen LogP contribution is -2.79. The third-order valence-electron chi connectivity index (χ3n) is 3.43. The van der Waals surface area contributed by atoms with Crippen molar-refractivity contribution in [3.8, 4) is 0 Å². The van der Waals surface area contributed by atoms with Gasteiger partial charge in [-0.3, -0.25) is 4.79 Å². The summed E-state index contributed by atoms with van der Waals surface area (Å²) in [5.41, 5.74) is 3.61. The molecule has 0 aromatic rings. The lowest BCUT2D eigenvalue weighted by molar-refractivity contribution is -0.311. The molecular weight excluding hydrogens is 304 g/mol. The van der Waals surface area contributed by atoms with Crippen LogP contribution in [0.3, 0.4) is 0 Å². The van der Waals surface area contributed by atoms with Crippen molar-refractivity contribution < 1.29 is 45.0 Å². The van der Waals surface area contributed by atoms with Crippen LogP contribution in [0.15, 0.2) is 0 Å². The summed E-state index contributed by atoms with van der Waals surface area (Å²) < 4.78 is 4.84. The molecule has 128 valence electrons. The maximum Gasteiger partial charge on any atom is 0.364 e. The molecule has 1 aliphatic heterocycles. The Morgan fingerprint density at radius 2 is 2.00 bits per heavy atom. The number of rotatable bonds is 5. The molecule has 11 nitrogen and oxygen atoms in total. The van der Waals surface area contributed by atoms with Crippen LogP contribution >= 0.6 is 0 Å². The number of amides is 1. The highest BCUT2D eigenvalue weighted by molar-refractivity contribution is 5.76. The Hall–Kier alpha value is -1.34. The van der Waals surface area contributed by atoms with E-state index in [9.17, 15) is 30.0 Å². The van der Waals surface area contributed by atoms with E-state index >= 15 is 0 Å². The van der Waals surface area contributed by atoms with Gasteiger partial charge in [-0.15, -0.1) is 0 Å². The fourth-order valence-corrected chi connectivity index (χ4v) is 2.24. The van der Waals surface area contributed by atoms with E-state index in [0.717, 1.165) is 6.92 Å². The molecule has 1 rings (SSSR count). The molecule has 0 spiro atoms. The maximum atomic E-state index is 11.2. The Labute approximate surface area is 124 Å². The summed E-state index contributed by atoms with van der Waals surface area (Å²) >= 11 is 0. The number of aliphatic hydroxyl groups excluding tert-OH is 4. The molecule has 0 aromatic carbocycles. The van der Waals surface area contributed by atoms with Gasteiger partial charge in [0, 0.05) is 13.3 Å². The number of aliphatic carboxylic acids is 1. The molecule has 0 saturated carbocycles. The monoisotopic (exact) mass is 324 g/mol. The Balaban J connectivity index is 3.24. The van der Waals surface area contributed by atoms with Crippen LogP contribution in [0.2, 0.25) is 0 Å². The number of carboxylic acid groups (broad SMARTS) is 1. The van der Waals surface area contributed by atoms with Crippen molar-refractivity contribution in [3.63, 3.8) is 0 Å². The maximum absolute atomic E-state index is 11.2. The fraction of sp³-hybridized carbons (Fsp3) is 0.818. The van der Waals surface area contributed by atoms with Crippen LogP contribution in [0.4, 0.5) is 0 Å². The highest BCUT2D eigenvalue weighted by Crippen LogP contribution is 2.34. The molecule has 11 heteroatoms. The van der Waals surface area contributed by atoms with Crippen molar-refractivity contribution in [2.45, 2.75) is 49.2 Å². The largest absolute Gasteiger partial charge is 0.477 e. The molecule has 0 unspecified atom stereocenters. The molecule has 1 amide bonds. The zero-order chi connectivity index (χ0) is 17.3. The number of carbonyl (C=O) groups excluding carboxylic acids is 1. The van der Waals surface area contributed by atoms with Gasteiger partial charge in [0.1, 0.15) is 24.0 Å². The minimum absolute atomic E-state index is 0.735. The van der Waals surface area contributed by atoms with Crippen molar-refractivity contribution in [1.82, 2.24) is 5.32 Å². The molecule has 1 aliphatic rings. The first kappa shape index (κ1) is 18.7. The van der Waals surface area contributed by atoms with Crippen LogP contribution in [0, 0.1) is 0 Å². The molecule has 6 atom stereocenters. The van der Waals surface area contributed by atoms with Gasteiger partial charge in [0.15, 0.2) is 0 Å². The smallest absolute Gasteiger partial charge is 0.364 e. The zero-order valence-corrected chi connectivity index (χ0v) is 11.7. The predicted molar refractivity (Wildman–Crippen MR) is 67.9 cm³/mol. The summed E-state index contributed by atoms with van der Waals surface area (Å²) in [5.74, 6) is -5.48. The van der Waals surface area contributed by atoms with Gasteiger partial charge < -0.3 is 46.4 Å². The Bertz CT molecular complexity index is 447. The zero-order valence-electron chi connectivity index (χ0n) is 11.7. The lowest BCUT2D eigenvalue weighted by atomic mass is 9.83. The normalized spacial score (nSPS) is 38.1. The van der Waals surface area contributed by atoms with Gasteiger partial charge in [-0.1, -0.05) is 0 Å². The van der Waals surface area contributed by atoms with E-state index in [1.807, 2.05) is 0 Å². The van der Waals surface area contributed by atoms with Gasteiger partial charge in [0.05, 0.1) is 12.7 Å². The van der Waals surface area contributed by atoms with Crippen LogP contribution in [0.25, 0.3) is 0 Å². The summed E-state index contributed by atoms with van der Waals surface area (Å²) in [6, 6.07) is 0. The molecule has 1 saturated heterocycles. The van der Waals surface area contributed by atoms with Crippen molar-refractivity contribution in [2.75, 3.05) is 6.61 Å².